The maximum absolute atomic E-state index is 12.0. The lowest BCUT2D eigenvalue weighted by atomic mass is 9.83. The highest BCUT2D eigenvalue weighted by Crippen LogP contribution is 2.30. The van der Waals surface area contributed by atoms with Crippen LogP contribution >= 0.6 is 23.2 Å². The highest BCUT2D eigenvalue weighted by molar-refractivity contribution is 7.89. The first-order valence-corrected chi connectivity index (χ1v) is 8.89. The summed E-state index contributed by atoms with van der Waals surface area (Å²) in [6, 6.07) is 2.47. The van der Waals surface area contributed by atoms with Crippen LogP contribution in [-0.2, 0) is 10.0 Å². The molecule has 0 bridgehead atoms. The molecule has 1 aromatic rings. The number of benzene rings is 1. The summed E-state index contributed by atoms with van der Waals surface area (Å²) in [5, 5.41) is 7.61. The fourth-order valence-corrected chi connectivity index (χ4v) is 3.53. The molecule has 1 aromatic carbocycles. The molecule has 21 heavy (non-hydrogen) atoms. The zero-order valence-electron chi connectivity index (χ0n) is 11.2. The smallest absolute Gasteiger partial charge is 0.251 e. The van der Waals surface area contributed by atoms with Gasteiger partial charge >= 0.3 is 0 Å². The minimum atomic E-state index is -4.04. The molecular weight excluding hydrogens is 335 g/mol. The molecule has 1 fully saturated rings. The summed E-state index contributed by atoms with van der Waals surface area (Å²) in [7, 11) is -4.04. The van der Waals surface area contributed by atoms with Gasteiger partial charge in [-0.3, -0.25) is 4.79 Å². The molecule has 0 atom stereocenters. The fraction of sp³-hybridized carbons (Fsp3) is 0.462. The van der Waals surface area contributed by atoms with Crippen molar-refractivity contribution >= 4 is 39.1 Å². The predicted molar refractivity (Wildman–Crippen MR) is 82.1 cm³/mol. The van der Waals surface area contributed by atoms with Gasteiger partial charge in [0, 0.05) is 12.1 Å². The maximum atomic E-state index is 12.0. The molecule has 8 heteroatoms. The molecule has 0 spiro atoms. The topological polar surface area (TPSA) is 89.3 Å². The van der Waals surface area contributed by atoms with E-state index in [1.54, 1.807) is 0 Å². The number of hydrogen-bond donors (Lipinski definition) is 2. The van der Waals surface area contributed by atoms with E-state index in [1.807, 2.05) is 0 Å². The molecule has 0 aromatic heterocycles. The van der Waals surface area contributed by atoms with E-state index < -0.39 is 15.9 Å². The van der Waals surface area contributed by atoms with Crippen LogP contribution in [0.25, 0.3) is 0 Å². The van der Waals surface area contributed by atoms with Crippen LogP contribution in [0.1, 0.15) is 36.0 Å². The van der Waals surface area contributed by atoms with Gasteiger partial charge in [-0.05, 0) is 24.5 Å². The van der Waals surface area contributed by atoms with E-state index in [4.69, 9.17) is 28.3 Å². The monoisotopic (exact) mass is 350 g/mol. The Hall–Kier alpha value is -0.820. The second-order valence-corrected chi connectivity index (χ2v) is 7.47. The van der Waals surface area contributed by atoms with Gasteiger partial charge < -0.3 is 5.32 Å². The van der Waals surface area contributed by atoms with Crippen LogP contribution in [0.5, 0.6) is 0 Å². The number of carbonyl (C=O) groups is 1. The molecule has 0 radical (unpaired) electrons. The fourth-order valence-electron chi connectivity index (χ4n) is 2.18. The van der Waals surface area contributed by atoms with Crippen molar-refractivity contribution in [3.63, 3.8) is 0 Å². The Balaban J connectivity index is 2.11. The Morgan fingerprint density at radius 2 is 2.00 bits per heavy atom. The number of amides is 1. The van der Waals surface area contributed by atoms with Gasteiger partial charge in [-0.15, -0.1) is 0 Å². The molecule has 1 aliphatic rings. The lowest BCUT2D eigenvalue weighted by Crippen LogP contribution is -2.27. The van der Waals surface area contributed by atoms with Gasteiger partial charge in [-0.1, -0.05) is 42.5 Å². The minimum Gasteiger partial charge on any atom is -0.352 e. The quantitative estimate of drug-likeness (QED) is 0.854. The van der Waals surface area contributed by atoms with Crippen molar-refractivity contribution in [2.24, 2.45) is 11.1 Å². The first-order chi connectivity index (χ1) is 9.79. The third-order valence-corrected chi connectivity index (χ3v) is 5.48. The SMILES string of the molecule is NS(=O)(=O)c1cc(C(=O)NCCC2CCC2)cc(Cl)c1Cl. The summed E-state index contributed by atoms with van der Waals surface area (Å²) < 4.78 is 22.9. The van der Waals surface area contributed by atoms with Gasteiger partial charge in [-0.25, -0.2) is 13.6 Å². The van der Waals surface area contributed by atoms with Crippen LogP contribution in [0, 0.1) is 5.92 Å². The van der Waals surface area contributed by atoms with E-state index in [0.717, 1.165) is 12.5 Å². The molecule has 5 nitrogen and oxygen atoms in total. The van der Waals surface area contributed by atoms with Gasteiger partial charge in [0.15, 0.2) is 0 Å². The molecule has 0 aliphatic heterocycles. The van der Waals surface area contributed by atoms with E-state index >= 15 is 0 Å². The number of nitrogens with one attached hydrogen (secondary N) is 1. The number of sulfonamides is 1. The molecule has 3 N–H and O–H groups in total. The van der Waals surface area contributed by atoms with Gasteiger partial charge in [-0.2, -0.15) is 0 Å². The molecule has 1 amide bonds. The number of halogens is 2. The van der Waals surface area contributed by atoms with E-state index in [2.05, 4.69) is 5.32 Å². The number of rotatable bonds is 5. The molecule has 0 unspecified atom stereocenters. The number of hydrogen-bond acceptors (Lipinski definition) is 3. The number of primary sulfonamides is 1. The molecular formula is C13H16Cl2N2O3S. The summed E-state index contributed by atoms with van der Waals surface area (Å²) in [5.41, 5.74) is 0.127. The molecule has 116 valence electrons. The van der Waals surface area contributed by atoms with Crippen molar-refractivity contribution in [1.82, 2.24) is 5.32 Å². The van der Waals surface area contributed by atoms with Crippen LogP contribution in [0.4, 0.5) is 0 Å². The molecule has 1 aliphatic carbocycles. The zero-order valence-corrected chi connectivity index (χ0v) is 13.6. The first-order valence-electron chi connectivity index (χ1n) is 6.59. The Labute approximate surface area is 133 Å². The Morgan fingerprint density at radius 3 is 2.52 bits per heavy atom. The summed E-state index contributed by atoms with van der Waals surface area (Å²) in [5.74, 6) is 0.289. The van der Waals surface area contributed by atoms with Crippen LogP contribution in [0.3, 0.4) is 0 Å². The highest BCUT2D eigenvalue weighted by Gasteiger charge is 2.20. The van der Waals surface area contributed by atoms with Gasteiger partial charge in [0.1, 0.15) is 4.90 Å². The standard InChI is InChI=1S/C13H16Cl2N2O3S/c14-10-6-9(7-11(12(10)15)21(16,19)20)13(18)17-5-4-8-2-1-3-8/h6-8H,1-5H2,(H,17,18)(H2,16,19,20). The van der Waals surface area contributed by atoms with Crippen molar-refractivity contribution in [2.75, 3.05) is 6.54 Å². The molecule has 0 saturated heterocycles. The Bertz CT molecular complexity index is 658. The Kier molecular flexibility index (Phi) is 5.14. The Morgan fingerprint density at radius 1 is 1.33 bits per heavy atom. The van der Waals surface area contributed by atoms with Crippen LogP contribution in [-0.4, -0.2) is 20.9 Å². The second kappa shape index (κ2) is 6.52. The lowest BCUT2D eigenvalue weighted by molar-refractivity contribution is 0.0949. The normalized spacial score (nSPS) is 15.6. The highest BCUT2D eigenvalue weighted by atomic mass is 35.5. The summed E-state index contributed by atoms with van der Waals surface area (Å²) in [6.07, 6.45) is 4.59. The zero-order chi connectivity index (χ0) is 15.6. The summed E-state index contributed by atoms with van der Waals surface area (Å²) in [4.78, 5) is 11.7. The van der Waals surface area contributed by atoms with E-state index in [-0.39, 0.29) is 20.5 Å². The van der Waals surface area contributed by atoms with Gasteiger partial charge in [0.2, 0.25) is 10.0 Å². The molecule has 2 rings (SSSR count). The van der Waals surface area contributed by atoms with E-state index in [9.17, 15) is 13.2 Å². The third-order valence-electron chi connectivity index (χ3n) is 3.63. The van der Waals surface area contributed by atoms with Crippen molar-refractivity contribution < 1.29 is 13.2 Å². The number of carbonyl (C=O) groups excluding carboxylic acids is 1. The van der Waals surface area contributed by atoms with E-state index in [1.165, 1.54) is 25.3 Å². The lowest BCUT2D eigenvalue weighted by Gasteiger charge is -2.25. The van der Waals surface area contributed by atoms with Crippen LogP contribution in [0.2, 0.25) is 10.0 Å². The van der Waals surface area contributed by atoms with Crippen molar-refractivity contribution in [3.05, 3.63) is 27.7 Å². The average Bonchev–Trinajstić information content (AvgIpc) is 2.33. The van der Waals surface area contributed by atoms with Gasteiger partial charge in [0.25, 0.3) is 5.91 Å². The van der Waals surface area contributed by atoms with Gasteiger partial charge in [0.05, 0.1) is 10.0 Å². The largest absolute Gasteiger partial charge is 0.352 e. The summed E-state index contributed by atoms with van der Waals surface area (Å²) >= 11 is 11.7. The molecule has 1 saturated carbocycles. The predicted octanol–water partition coefficient (Wildman–Crippen LogP) is 2.56. The van der Waals surface area contributed by atoms with Crippen LogP contribution in [0.15, 0.2) is 17.0 Å². The molecule has 0 heterocycles. The number of nitrogens with two attached hydrogens (primary N) is 1. The average molecular weight is 351 g/mol. The maximum Gasteiger partial charge on any atom is 0.251 e. The summed E-state index contributed by atoms with van der Waals surface area (Å²) in [6.45, 7) is 0.550. The minimum absolute atomic E-state index is 0.0210. The second-order valence-electron chi connectivity index (χ2n) is 5.16. The van der Waals surface area contributed by atoms with Crippen LogP contribution < -0.4 is 10.5 Å². The first kappa shape index (κ1) is 16.5. The van der Waals surface area contributed by atoms with Crippen molar-refractivity contribution in [2.45, 2.75) is 30.6 Å². The van der Waals surface area contributed by atoms with Crippen molar-refractivity contribution in [3.8, 4) is 0 Å². The van der Waals surface area contributed by atoms with E-state index in [0.29, 0.717) is 12.5 Å². The third kappa shape index (κ3) is 4.10. The van der Waals surface area contributed by atoms with Crippen molar-refractivity contribution in [1.29, 1.82) is 0 Å².